The highest BCUT2D eigenvalue weighted by molar-refractivity contribution is 7.90. The summed E-state index contributed by atoms with van der Waals surface area (Å²) in [7, 11) is -3.29. The Kier molecular flexibility index (Phi) is 6.20. The second kappa shape index (κ2) is 9.05. The number of hydrogen-bond donors (Lipinski definition) is 2. The summed E-state index contributed by atoms with van der Waals surface area (Å²) < 4.78 is 40.6. The molecule has 0 amide bonds. The molecule has 0 spiro atoms. The molecule has 0 saturated heterocycles. The number of H-pyrrole nitrogens is 1. The molecule has 1 aromatic heterocycles. The van der Waals surface area contributed by atoms with Gasteiger partial charge in [0.1, 0.15) is 35.7 Å². The third kappa shape index (κ3) is 5.12. The van der Waals surface area contributed by atoms with Crippen molar-refractivity contribution >= 4 is 15.7 Å². The van der Waals surface area contributed by atoms with E-state index >= 15 is 0 Å². The number of sulfone groups is 1. The van der Waals surface area contributed by atoms with Crippen LogP contribution >= 0.6 is 0 Å². The number of nitrogens with one attached hydrogen (secondary N) is 1. The Morgan fingerprint density at radius 3 is 2.44 bits per heavy atom. The summed E-state index contributed by atoms with van der Waals surface area (Å²) in [4.78, 5) is 7.84. The van der Waals surface area contributed by atoms with Crippen LogP contribution in [0.1, 0.15) is 12.6 Å². The highest BCUT2D eigenvalue weighted by Crippen LogP contribution is 2.33. The molecule has 0 bridgehead atoms. The van der Waals surface area contributed by atoms with Gasteiger partial charge in [0.25, 0.3) is 0 Å². The first-order chi connectivity index (χ1) is 15.3. The number of aliphatic imine (C=N–C) groups is 1. The Bertz CT molecular complexity index is 1230. The number of aromatic nitrogens is 1. The predicted octanol–water partition coefficient (Wildman–Crippen LogP) is 3.41. The molecule has 4 rings (SSSR count). The average molecular weight is 457 g/mol. The number of hydrogen-bond acceptors (Lipinski definition) is 7. The molecular weight excluding hydrogens is 432 g/mol. The van der Waals surface area contributed by atoms with E-state index in [9.17, 15) is 13.5 Å². The molecule has 1 aliphatic rings. The van der Waals surface area contributed by atoms with Gasteiger partial charge in [-0.25, -0.2) is 13.4 Å². The number of benzene rings is 2. The zero-order valence-corrected chi connectivity index (χ0v) is 18.6. The van der Waals surface area contributed by atoms with Crippen molar-refractivity contribution in [2.45, 2.75) is 17.9 Å². The van der Waals surface area contributed by atoms with Crippen LogP contribution in [-0.2, 0) is 14.6 Å². The van der Waals surface area contributed by atoms with Crippen molar-refractivity contribution in [1.82, 2.24) is 4.98 Å². The number of ether oxygens (including phenoxy) is 3. The van der Waals surface area contributed by atoms with Crippen molar-refractivity contribution in [1.29, 1.82) is 0 Å². The number of rotatable bonds is 8. The fraction of sp³-hybridized carbons (Fsp3) is 0.261. The molecule has 32 heavy (non-hydrogen) atoms. The van der Waals surface area contributed by atoms with Gasteiger partial charge in [-0.2, -0.15) is 0 Å². The first kappa shape index (κ1) is 21.9. The SMILES string of the molecule is C[C@@H](CO)Oc1cc(Oc2ccc(S(C)(=O)=O)cc2)cc(-c2ccc(C3=NCCO3)[nH]2)c1. The molecule has 0 aliphatic carbocycles. The van der Waals surface area contributed by atoms with E-state index in [4.69, 9.17) is 14.2 Å². The zero-order valence-electron chi connectivity index (χ0n) is 17.7. The van der Waals surface area contributed by atoms with Crippen molar-refractivity contribution in [2.75, 3.05) is 26.0 Å². The summed E-state index contributed by atoms with van der Waals surface area (Å²) in [5.74, 6) is 2.09. The summed E-state index contributed by atoms with van der Waals surface area (Å²) in [6.45, 7) is 2.85. The van der Waals surface area contributed by atoms with Crippen LogP contribution in [0, 0.1) is 0 Å². The second-order valence-corrected chi connectivity index (χ2v) is 9.49. The lowest BCUT2D eigenvalue weighted by Gasteiger charge is -2.15. The van der Waals surface area contributed by atoms with Crippen LogP contribution in [0.2, 0.25) is 0 Å². The minimum atomic E-state index is -3.29. The zero-order chi connectivity index (χ0) is 22.7. The van der Waals surface area contributed by atoms with Gasteiger partial charge in [0.05, 0.1) is 18.0 Å². The summed E-state index contributed by atoms with van der Waals surface area (Å²) in [6, 6.07) is 15.4. The number of aromatic amines is 1. The number of aliphatic hydroxyl groups is 1. The number of aliphatic hydroxyl groups excluding tert-OH is 1. The lowest BCUT2D eigenvalue weighted by molar-refractivity contribution is 0.129. The Balaban J connectivity index is 1.65. The van der Waals surface area contributed by atoms with E-state index in [1.165, 1.54) is 12.1 Å². The van der Waals surface area contributed by atoms with Gasteiger partial charge in [-0.1, -0.05) is 0 Å². The van der Waals surface area contributed by atoms with Crippen molar-refractivity contribution < 1.29 is 27.7 Å². The van der Waals surface area contributed by atoms with Crippen LogP contribution in [0.15, 0.2) is 64.5 Å². The Morgan fingerprint density at radius 1 is 1.06 bits per heavy atom. The maximum absolute atomic E-state index is 11.7. The summed E-state index contributed by atoms with van der Waals surface area (Å²) in [6.07, 6.45) is 0.762. The van der Waals surface area contributed by atoms with Crippen LogP contribution in [0.25, 0.3) is 11.3 Å². The maximum Gasteiger partial charge on any atom is 0.233 e. The molecule has 1 atom stereocenters. The van der Waals surface area contributed by atoms with E-state index < -0.39 is 15.9 Å². The molecule has 2 N–H and O–H groups in total. The molecule has 0 radical (unpaired) electrons. The fourth-order valence-corrected chi connectivity index (χ4v) is 3.83. The molecule has 9 heteroatoms. The molecule has 2 aromatic carbocycles. The van der Waals surface area contributed by atoms with E-state index in [1.807, 2.05) is 24.3 Å². The Morgan fingerprint density at radius 2 is 1.78 bits per heavy atom. The highest BCUT2D eigenvalue weighted by Gasteiger charge is 2.15. The topological polar surface area (TPSA) is 110 Å². The normalized spacial score (nSPS) is 14.5. The molecule has 8 nitrogen and oxygen atoms in total. The van der Waals surface area contributed by atoms with Crippen molar-refractivity contribution in [2.24, 2.45) is 4.99 Å². The van der Waals surface area contributed by atoms with Gasteiger partial charge in [0, 0.05) is 23.6 Å². The van der Waals surface area contributed by atoms with E-state index in [1.54, 1.807) is 25.1 Å². The second-order valence-electron chi connectivity index (χ2n) is 7.47. The predicted molar refractivity (Wildman–Crippen MR) is 120 cm³/mol. The van der Waals surface area contributed by atoms with Gasteiger partial charge < -0.3 is 24.3 Å². The van der Waals surface area contributed by atoms with Gasteiger partial charge in [-0.15, -0.1) is 0 Å². The molecule has 0 fully saturated rings. The first-order valence-corrected chi connectivity index (χ1v) is 12.0. The van der Waals surface area contributed by atoms with E-state index in [2.05, 4.69) is 9.98 Å². The third-order valence-electron chi connectivity index (χ3n) is 4.77. The van der Waals surface area contributed by atoms with Crippen molar-refractivity contribution in [3.8, 4) is 28.5 Å². The van der Waals surface area contributed by atoms with Crippen LogP contribution in [0.4, 0.5) is 0 Å². The molecule has 0 unspecified atom stereocenters. The van der Waals surface area contributed by atoms with Gasteiger partial charge >= 0.3 is 0 Å². The van der Waals surface area contributed by atoms with Crippen LogP contribution in [-0.4, -0.2) is 56.5 Å². The van der Waals surface area contributed by atoms with E-state index in [-0.39, 0.29) is 11.5 Å². The van der Waals surface area contributed by atoms with Crippen LogP contribution in [0.3, 0.4) is 0 Å². The summed E-state index contributed by atoms with van der Waals surface area (Å²) >= 11 is 0. The minimum absolute atomic E-state index is 0.128. The quantitative estimate of drug-likeness (QED) is 0.538. The van der Waals surface area contributed by atoms with Crippen molar-refractivity contribution in [3.63, 3.8) is 0 Å². The van der Waals surface area contributed by atoms with Gasteiger partial charge in [-0.05, 0) is 55.5 Å². The van der Waals surface area contributed by atoms with Gasteiger partial charge in [0.2, 0.25) is 5.90 Å². The minimum Gasteiger partial charge on any atom is -0.488 e. The monoisotopic (exact) mass is 456 g/mol. The van der Waals surface area contributed by atoms with Crippen LogP contribution < -0.4 is 9.47 Å². The standard InChI is InChI=1S/C23H24N2O6S/c1-15(14-26)30-18-11-16(21-7-8-22(25-21)23-24-9-10-29-23)12-19(13-18)31-17-3-5-20(6-4-17)32(2,27)28/h3-8,11-13,15,25-26H,9-10,14H2,1-2H3/t15-/m0/s1. The van der Waals surface area contributed by atoms with Gasteiger partial charge in [0.15, 0.2) is 9.84 Å². The molecule has 168 valence electrons. The van der Waals surface area contributed by atoms with E-state index in [0.717, 1.165) is 23.2 Å². The number of nitrogens with zero attached hydrogens (tertiary/aromatic N) is 1. The molecule has 0 saturated carbocycles. The Labute approximate surface area is 186 Å². The summed E-state index contributed by atoms with van der Waals surface area (Å²) in [5, 5.41) is 9.36. The highest BCUT2D eigenvalue weighted by atomic mass is 32.2. The van der Waals surface area contributed by atoms with Gasteiger partial charge in [-0.3, -0.25) is 0 Å². The first-order valence-electron chi connectivity index (χ1n) is 10.1. The molecule has 1 aliphatic heterocycles. The molecular formula is C23H24N2O6S. The maximum atomic E-state index is 11.7. The molecule has 2 heterocycles. The summed E-state index contributed by atoms with van der Waals surface area (Å²) in [5.41, 5.74) is 2.41. The van der Waals surface area contributed by atoms with Crippen LogP contribution in [0.5, 0.6) is 17.2 Å². The third-order valence-corrected chi connectivity index (χ3v) is 5.90. The molecule has 3 aromatic rings. The Hall–Kier alpha value is -3.30. The van der Waals surface area contributed by atoms with Crippen molar-refractivity contribution in [3.05, 3.63) is 60.3 Å². The lowest BCUT2D eigenvalue weighted by atomic mass is 10.1. The lowest BCUT2D eigenvalue weighted by Crippen LogP contribution is -2.16. The fourth-order valence-electron chi connectivity index (χ4n) is 3.20. The van der Waals surface area contributed by atoms with E-state index in [0.29, 0.717) is 36.3 Å². The smallest absolute Gasteiger partial charge is 0.233 e. The largest absolute Gasteiger partial charge is 0.488 e. The average Bonchev–Trinajstić information content (AvgIpc) is 3.45.